The van der Waals surface area contributed by atoms with Crippen LogP contribution in [0.4, 0.5) is 5.69 Å². The summed E-state index contributed by atoms with van der Waals surface area (Å²) in [5.74, 6) is 3.17. The van der Waals surface area contributed by atoms with Crippen molar-refractivity contribution >= 4 is 23.4 Å². The van der Waals surface area contributed by atoms with Crippen LogP contribution in [0.15, 0.2) is 24.3 Å². The fraction of sp³-hybridized carbons (Fsp3) is 0.500. The van der Waals surface area contributed by atoms with Gasteiger partial charge in [0.2, 0.25) is 5.91 Å². The van der Waals surface area contributed by atoms with Gasteiger partial charge in [0.05, 0.1) is 0 Å². The number of nitrogens with one attached hydrogen (secondary N) is 1. The van der Waals surface area contributed by atoms with Crippen LogP contribution in [0.1, 0.15) is 24.8 Å². The van der Waals surface area contributed by atoms with Crippen LogP contribution in [0.25, 0.3) is 0 Å². The van der Waals surface area contributed by atoms with Gasteiger partial charge in [0, 0.05) is 12.1 Å². The molecule has 1 amide bonds. The third-order valence-corrected chi connectivity index (χ3v) is 4.17. The number of carbonyl (C=O) groups excluding carboxylic acids is 1. The Hall–Kier alpha value is -0.960. The number of rotatable bonds is 3. The first kappa shape index (κ1) is 12.5. The molecule has 0 aliphatic carbocycles. The van der Waals surface area contributed by atoms with Gasteiger partial charge in [-0.3, -0.25) is 4.79 Å². The molecule has 1 aromatic carbocycles. The second kappa shape index (κ2) is 6.10. The Morgan fingerprint density at radius 3 is 2.88 bits per heavy atom. The molecule has 1 aliphatic heterocycles. The first-order chi connectivity index (χ1) is 8.24. The average molecular weight is 249 g/mol. The zero-order valence-corrected chi connectivity index (χ0v) is 11.1. The normalized spacial score (nSPS) is 16.8. The fourth-order valence-corrected chi connectivity index (χ4v) is 3.35. The van der Waals surface area contributed by atoms with Crippen LogP contribution < -0.4 is 5.32 Å². The van der Waals surface area contributed by atoms with Crippen molar-refractivity contribution in [2.24, 2.45) is 5.92 Å². The molecule has 3 heteroatoms. The maximum atomic E-state index is 11.9. The van der Waals surface area contributed by atoms with Crippen molar-refractivity contribution < 1.29 is 4.79 Å². The molecular formula is C14H19NOS. The van der Waals surface area contributed by atoms with Crippen LogP contribution >= 0.6 is 11.8 Å². The Morgan fingerprint density at radius 2 is 2.18 bits per heavy atom. The standard InChI is InChI=1S/C14H19NOS/c1-11-3-2-4-13(9-11)15-14(16)10-12-5-7-17-8-6-12/h2-4,9,12H,5-8,10H2,1H3,(H,15,16). The maximum Gasteiger partial charge on any atom is 0.224 e. The number of aryl methyl sites for hydroxylation is 1. The number of hydrogen-bond acceptors (Lipinski definition) is 2. The summed E-state index contributed by atoms with van der Waals surface area (Å²) in [5.41, 5.74) is 2.09. The minimum Gasteiger partial charge on any atom is -0.326 e. The molecule has 1 heterocycles. The molecule has 1 aromatic rings. The first-order valence-corrected chi connectivity index (χ1v) is 7.34. The van der Waals surface area contributed by atoms with E-state index in [9.17, 15) is 4.79 Å². The van der Waals surface area contributed by atoms with Gasteiger partial charge in [-0.05, 0) is 54.9 Å². The van der Waals surface area contributed by atoms with Crippen LogP contribution in [0.2, 0.25) is 0 Å². The van der Waals surface area contributed by atoms with E-state index < -0.39 is 0 Å². The Kier molecular flexibility index (Phi) is 4.49. The van der Waals surface area contributed by atoms with Crippen molar-refractivity contribution in [2.75, 3.05) is 16.8 Å². The molecule has 0 aromatic heterocycles. The second-order valence-electron chi connectivity index (χ2n) is 4.68. The van der Waals surface area contributed by atoms with Crippen molar-refractivity contribution in [3.63, 3.8) is 0 Å². The lowest BCUT2D eigenvalue weighted by Gasteiger charge is -2.20. The maximum absolute atomic E-state index is 11.9. The summed E-state index contributed by atoms with van der Waals surface area (Å²) in [7, 11) is 0. The Bertz CT molecular complexity index is 386. The quantitative estimate of drug-likeness (QED) is 0.888. The summed E-state index contributed by atoms with van der Waals surface area (Å²) in [6.07, 6.45) is 3.05. The summed E-state index contributed by atoms with van der Waals surface area (Å²) in [4.78, 5) is 11.9. The molecule has 1 aliphatic rings. The number of anilines is 1. The highest BCUT2D eigenvalue weighted by molar-refractivity contribution is 7.99. The van der Waals surface area contributed by atoms with Crippen molar-refractivity contribution in [3.05, 3.63) is 29.8 Å². The van der Waals surface area contributed by atoms with Gasteiger partial charge in [0.25, 0.3) is 0 Å². The van der Waals surface area contributed by atoms with Crippen LogP contribution in [0.5, 0.6) is 0 Å². The molecule has 17 heavy (non-hydrogen) atoms. The van der Waals surface area contributed by atoms with Gasteiger partial charge >= 0.3 is 0 Å². The van der Waals surface area contributed by atoms with Crippen molar-refractivity contribution in [3.8, 4) is 0 Å². The molecule has 0 bridgehead atoms. The van der Waals surface area contributed by atoms with Crippen molar-refractivity contribution in [1.29, 1.82) is 0 Å². The van der Waals surface area contributed by atoms with Crippen molar-refractivity contribution in [2.45, 2.75) is 26.2 Å². The largest absolute Gasteiger partial charge is 0.326 e. The van der Waals surface area contributed by atoms with Gasteiger partial charge in [-0.25, -0.2) is 0 Å². The van der Waals surface area contributed by atoms with Gasteiger partial charge in [-0.1, -0.05) is 12.1 Å². The van der Waals surface area contributed by atoms with Crippen LogP contribution in [-0.2, 0) is 4.79 Å². The highest BCUT2D eigenvalue weighted by Gasteiger charge is 2.17. The zero-order valence-electron chi connectivity index (χ0n) is 10.2. The van der Waals surface area contributed by atoms with Crippen molar-refractivity contribution in [1.82, 2.24) is 0 Å². The lowest BCUT2D eigenvalue weighted by Crippen LogP contribution is -2.19. The minimum atomic E-state index is 0.160. The van der Waals surface area contributed by atoms with E-state index in [1.54, 1.807) is 0 Å². The van der Waals surface area contributed by atoms with E-state index in [1.807, 2.05) is 43.0 Å². The van der Waals surface area contributed by atoms with E-state index in [4.69, 9.17) is 0 Å². The minimum absolute atomic E-state index is 0.160. The molecule has 0 spiro atoms. The Morgan fingerprint density at radius 1 is 1.41 bits per heavy atom. The molecule has 0 radical (unpaired) electrons. The highest BCUT2D eigenvalue weighted by atomic mass is 32.2. The van der Waals surface area contributed by atoms with Crippen LogP contribution in [-0.4, -0.2) is 17.4 Å². The average Bonchev–Trinajstić information content (AvgIpc) is 2.30. The topological polar surface area (TPSA) is 29.1 Å². The molecule has 1 fully saturated rings. The van der Waals surface area contributed by atoms with E-state index in [0.29, 0.717) is 12.3 Å². The molecule has 1 N–H and O–H groups in total. The SMILES string of the molecule is Cc1cccc(NC(=O)CC2CCSCC2)c1. The number of hydrogen-bond donors (Lipinski definition) is 1. The van der Waals surface area contributed by atoms with E-state index in [2.05, 4.69) is 5.32 Å². The van der Waals surface area contributed by atoms with Gasteiger partial charge in [0.15, 0.2) is 0 Å². The summed E-state index contributed by atoms with van der Waals surface area (Å²) < 4.78 is 0. The highest BCUT2D eigenvalue weighted by Crippen LogP contribution is 2.25. The Balaban J connectivity index is 1.84. The predicted octanol–water partition coefficient (Wildman–Crippen LogP) is 3.47. The second-order valence-corrected chi connectivity index (χ2v) is 5.90. The van der Waals surface area contributed by atoms with Gasteiger partial charge < -0.3 is 5.32 Å². The van der Waals surface area contributed by atoms with E-state index in [-0.39, 0.29) is 5.91 Å². The van der Waals surface area contributed by atoms with Gasteiger partial charge in [-0.15, -0.1) is 0 Å². The third kappa shape index (κ3) is 4.08. The molecular weight excluding hydrogens is 230 g/mol. The summed E-state index contributed by atoms with van der Waals surface area (Å²) in [6, 6.07) is 7.96. The fourth-order valence-electron chi connectivity index (χ4n) is 2.15. The van der Waals surface area contributed by atoms with E-state index in [1.165, 1.54) is 29.9 Å². The molecule has 0 atom stereocenters. The molecule has 2 nitrogen and oxygen atoms in total. The van der Waals surface area contributed by atoms with Crippen LogP contribution in [0, 0.1) is 12.8 Å². The first-order valence-electron chi connectivity index (χ1n) is 6.18. The third-order valence-electron chi connectivity index (χ3n) is 3.12. The lowest BCUT2D eigenvalue weighted by molar-refractivity contribution is -0.117. The molecule has 2 rings (SSSR count). The smallest absolute Gasteiger partial charge is 0.224 e. The summed E-state index contributed by atoms with van der Waals surface area (Å²) in [5, 5.41) is 2.98. The van der Waals surface area contributed by atoms with Gasteiger partial charge in [-0.2, -0.15) is 11.8 Å². The zero-order chi connectivity index (χ0) is 12.1. The monoisotopic (exact) mass is 249 g/mol. The summed E-state index contributed by atoms with van der Waals surface area (Å²) in [6.45, 7) is 2.04. The Labute approximate surface area is 107 Å². The predicted molar refractivity (Wildman–Crippen MR) is 74.5 cm³/mol. The van der Waals surface area contributed by atoms with Crippen LogP contribution in [0.3, 0.4) is 0 Å². The lowest BCUT2D eigenvalue weighted by atomic mass is 9.98. The molecule has 0 unspecified atom stereocenters. The van der Waals surface area contributed by atoms with Gasteiger partial charge in [0.1, 0.15) is 0 Å². The molecule has 92 valence electrons. The number of amides is 1. The number of thioether (sulfide) groups is 1. The number of benzene rings is 1. The molecule has 0 saturated carbocycles. The molecule has 1 saturated heterocycles. The van der Waals surface area contributed by atoms with E-state index >= 15 is 0 Å². The van der Waals surface area contributed by atoms with E-state index in [0.717, 1.165) is 5.69 Å². The summed E-state index contributed by atoms with van der Waals surface area (Å²) >= 11 is 2.00. The number of carbonyl (C=O) groups is 1.